The van der Waals surface area contributed by atoms with Crippen LogP contribution in [-0.4, -0.2) is 38.7 Å². The Morgan fingerprint density at radius 1 is 1.19 bits per heavy atom. The Labute approximate surface area is 164 Å². The number of carbonyl (C=O) groups excluding carboxylic acids is 3. The van der Waals surface area contributed by atoms with Crippen LogP contribution in [0.5, 0.6) is 0 Å². The molecule has 4 rings (SSSR count). The van der Waals surface area contributed by atoms with Gasteiger partial charge in [-0.3, -0.25) is 19.3 Å². The Morgan fingerprint density at radius 3 is 2.81 bits per heavy atom. The molecular weight excluding hydrogens is 412 g/mol. The van der Waals surface area contributed by atoms with Gasteiger partial charge in [0.15, 0.2) is 0 Å². The fourth-order valence-electron chi connectivity index (χ4n) is 3.51. The molecule has 0 atom stereocenters. The minimum atomic E-state index is -0.356. The van der Waals surface area contributed by atoms with Crippen molar-refractivity contribution in [1.29, 1.82) is 0 Å². The van der Waals surface area contributed by atoms with Crippen LogP contribution in [0.3, 0.4) is 0 Å². The number of aryl methyl sites for hydroxylation is 2. The SMILES string of the molecule is O=C(CCN1C(=O)c2ccc(Br)cc2C1=O)NCc1cn2c(n1)CCCC2. The van der Waals surface area contributed by atoms with Crippen LogP contribution in [0.2, 0.25) is 0 Å². The van der Waals surface area contributed by atoms with Crippen LogP contribution < -0.4 is 5.32 Å². The van der Waals surface area contributed by atoms with Crippen molar-refractivity contribution in [2.75, 3.05) is 6.54 Å². The number of hydrogen-bond acceptors (Lipinski definition) is 4. The Balaban J connectivity index is 1.31. The van der Waals surface area contributed by atoms with Gasteiger partial charge in [-0.25, -0.2) is 4.98 Å². The third kappa shape index (κ3) is 3.53. The molecule has 0 fully saturated rings. The van der Waals surface area contributed by atoms with E-state index < -0.39 is 0 Å². The van der Waals surface area contributed by atoms with Crippen LogP contribution >= 0.6 is 15.9 Å². The summed E-state index contributed by atoms with van der Waals surface area (Å²) in [6.45, 7) is 1.40. The maximum atomic E-state index is 12.4. The van der Waals surface area contributed by atoms with Crippen LogP contribution in [0, 0.1) is 0 Å². The maximum absolute atomic E-state index is 12.4. The summed E-state index contributed by atoms with van der Waals surface area (Å²) in [7, 11) is 0. The summed E-state index contributed by atoms with van der Waals surface area (Å²) in [6.07, 6.45) is 5.34. The molecule has 0 unspecified atom stereocenters. The summed E-state index contributed by atoms with van der Waals surface area (Å²) in [5, 5.41) is 2.82. The molecule has 1 N–H and O–H groups in total. The molecular formula is C19H19BrN4O3. The summed E-state index contributed by atoms with van der Waals surface area (Å²) < 4.78 is 2.88. The summed E-state index contributed by atoms with van der Waals surface area (Å²) in [5.74, 6) is 0.157. The predicted octanol–water partition coefficient (Wildman–Crippen LogP) is 2.28. The number of carbonyl (C=O) groups is 3. The monoisotopic (exact) mass is 430 g/mol. The first-order valence-electron chi connectivity index (χ1n) is 9.00. The van der Waals surface area contributed by atoms with Gasteiger partial charge in [-0.1, -0.05) is 15.9 Å². The zero-order valence-corrected chi connectivity index (χ0v) is 16.3. The van der Waals surface area contributed by atoms with E-state index in [0.29, 0.717) is 17.7 Å². The summed E-state index contributed by atoms with van der Waals surface area (Å²) >= 11 is 3.30. The van der Waals surface area contributed by atoms with Gasteiger partial charge in [0.2, 0.25) is 5.91 Å². The van der Waals surface area contributed by atoms with Gasteiger partial charge in [-0.15, -0.1) is 0 Å². The Kier molecular flexibility index (Phi) is 4.82. The van der Waals surface area contributed by atoms with E-state index in [4.69, 9.17) is 0 Å². The lowest BCUT2D eigenvalue weighted by molar-refractivity contribution is -0.121. The molecule has 0 saturated heterocycles. The molecule has 0 spiro atoms. The summed E-state index contributed by atoms with van der Waals surface area (Å²) in [5.41, 5.74) is 1.59. The van der Waals surface area contributed by atoms with E-state index >= 15 is 0 Å². The molecule has 7 nitrogen and oxygen atoms in total. The number of aromatic nitrogens is 2. The summed E-state index contributed by atoms with van der Waals surface area (Å²) in [6, 6.07) is 4.99. The minimum absolute atomic E-state index is 0.0650. The normalized spacial score (nSPS) is 15.7. The zero-order chi connectivity index (χ0) is 19.0. The van der Waals surface area contributed by atoms with Crippen LogP contribution in [0.15, 0.2) is 28.9 Å². The van der Waals surface area contributed by atoms with Crippen LogP contribution in [-0.2, 0) is 24.3 Å². The molecule has 3 amide bonds. The number of halogens is 1. The second kappa shape index (κ2) is 7.26. The fourth-order valence-corrected chi connectivity index (χ4v) is 3.87. The molecule has 1 aromatic carbocycles. The lowest BCUT2D eigenvalue weighted by Crippen LogP contribution is -2.34. The Hall–Kier alpha value is -2.48. The van der Waals surface area contributed by atoms with Crippen LogP contribution in [0.25, 0.3) is 0 Å². The van der Waals surface area contributed by atoms with Crippen LogP contribution in [0.4, 0.5) is 0 Å². The topological polar surface area (TPSA) is 84.3 Å². The second-order valence-electron chi connectivity index (χ2n) is 6.78. The van der Waals surface area contributed by atoms with E-state index in [0.717, 1.165) is 46.7 Å². The number of rotatable bonds is 5. The number of amides is 3. The van der Waals surface area contributed by atoms with Crippen molar-refractivity contribution in [3.63, 3.8) is 0 Å². The van der Waals surface area contributed by atoms with Crippen molar-refractivity contribution in [2.45, 2.75) is 38.8 Å². The fraction of sp³-hybridized carbons (Fsp3) is 0.368. The number of benzene rings is 1. The smallest absolute Gasteiger partial charge is 0.261 e. The highest BCUT2D eigenvalue weighted by Crippen LogP contribution is 2.26. The molecule has 0 radical (unpaired) electrons. The quantitative estimate of drug-likeness (QED) is 0.737. The molecule has 0 saturated carbocycles. The number of fused-ring (bicyclic) bond motifs is 2. The molecule has 3 heterocycles. The van der Waals surface area contributed by atoms with Gasteiger partial charge in [0.25, 0.3) is 11.8 Å². The van der Waals surface area contributed by atoms with Crippen molar-refractivity contribution in [3.8, 4) is 0 Å². The molecule has 1 aromatic heterocycles. The molecule has 2 aliphatic heterocycles. The highest BCUT2D eigenvalue weighted by Gasteiger charge is 2.35. The molecule has 2 aliphatic rings. The first kappa shape index (κ1) is 17.9. The van der Waals surface area contributed by atoms with Gasteiger partial charge in [0, 0.05) is 36.6 Å². The van der Waals surface area contributed by atoms with Gasteiger partial charge >= 0.3 is 0 Å². The Morgan fingerprint density at radius 2 is 2.00 bits per heavy atom. The first-order chi connectivity index (χ1) is 13.0. The highest BCUT2D eigenvalue weighted by molar-refractivity contribution is 9.10. The maximum Gasteiger partial charge on any atom is 0.261 e. The molecule has 2 aromatic rings. The third-order valence-electron chi connectivity index (χ3n) is 4.92. The number of hydrogen-bond donors (Lipinski definition) is 1. The number of nitrogens with one attached hydrogen (secondary N) is 1. The second-order valence-corrected chi connectivity index (χ2v) is 7.69. The van der Waals surface area contributed by atoms with Crippen molar-refractivity contribution in [1.82, 2.24) is 19.8 Å². The van der Waals surface area contributed by atoms with Crippen molar-refractivity contribution in [2.24, 2.45) is 0 Å². The first-order valence-corrected chi connectivity index (χ1v) is 9.79. The van der Waals surface area contributed by atoms with E-state index in [2.05, 4.69) is 30.8 Å². The average Bonchev–Trinajstić information content (AvgIpc) is 3.18. The molecule has 140 valence electrons. The number of imidazole rings is 1. The van der Waals surface area contributed by atoms with Gasteiger partial charge in [-0.2, -0.15) is 0 Å². The lowest BCUT2D eigenvalue weighted by atomic mass is 10.1. The molecule has 8 heteroatoms. The molecule has 0 aliphatic carbocycles. The van der Waals surface area contributed by atoms with E-state index in [1.54, 1.807) is 18.2 Å². The molecule has 0 bridgehead atoms. The third-order valence-corrected chi connectivity index (χ3v) is 5.41. The van der Waals surface area contributed by atoms with Gasteiger partial charge in [0.05, 0.1) is 23.4 Å². The van der Waals surface area contributed by atoms with E-state index in [1.165, 1.54) is 0 Å². The van der Waals surface area contributed by atoms with Crippen molar-refractivity contribution < 1.29 is 14.4 Å². The standard InChI is InChI=1S/C19H19BrN4O3/c20-12-4-5-14-15(9-12)19(27)24(18(14)26)8-6-17(25)21-10-13-11-23-7-2-1-3-16(23)22-13/h4-5,9,11H,1-3,6-8,10H2,(H,21,25). The van der Waals surface area contributed by atoms with Crippen molar-refractivity contribution in [3.05, 3.63) is 51.5 Å². The van der Waals surface area contributed by atoms with E-state index in [-0.39, 0.29) is 30.7 Å². The van der Waals surface area contributed by atoms with Gasteiger partial charge < -0.3 is 9.88 Å². The van der Waals surface area contributed by atoms with Gasteiger partial charge in [0.1, 0.15) is 5.82 Å². The van der Waals surface area contributed by atoms with E-state index in [9.17, 15) is 14.4 Å². The summed E-state index contributed by atoms with van der Waals surface area (Å²) in [4.78, 5) is 42.6. The van der Waals surface area contributed by atoms with E-state index in [1.807, 2.05) is 6.20 Å². The number of nitrogens with zero attached hydrogens (tertiary/aromatic N) is 3. The zero-order valence-electron chi connectivity index (χ0n) is 14.7. The minimum Gasteiger partial charge on any atom is -0.350 e. The Bertz CT molecular complexity index is 914. The average molecular weight is 431 g/mol. The van der Waals surface area contributed by atoms with Crippen molar-refractivity contribution >= 4 is 33.7 Å². The molecule has 27 heavy (non-hydrogen) atoms. The van der Waals surface area contributed by atoms with Gasteiger partial charge in [-0.05, 0) is 31.0 Å². The lowest BCUT2D eigenvalue weighted by Gasteiger charge is -2.13. The van der Waals surface area contributed by atoms with Crippen LogP contribution in [0.1, 0.15) is 51.5 Å². The highest BCUT2D eigenvalue weighted by atomic mass is 79.9. The largest absolute Gasteiger partial charge is 0.350 e. The number of imide groups is 1. The predicted molar refractivity (Wildman–Crippen MR) is 101 cm³/mol.